The SMILES string of the molecule is CC(=O)N1CCC(N(C)C(=O)Cc2cnc(-c3cc(F)cc(F)c3)cn2)CC1. The minimum atomic E-state index is -0.687. The summed E-state index contributed by atoms with van der Waals surface area (Å²) in [6.07, 6.45) is 4.44. The van der Waals surface area contributed by atoms with Crippen molar-refractivity contribution in [2.75, 3.05) is 20.1 Å². The van der Waals surface area contributed by atoms with Crippen molar-refractivity contribution in [2.45, 2.75) is 32.2 Å². The lowest BCUT2D eigenvalue weighted by Crippen LogP contribution is -2.47. The number of rotatable bonds is 4. The van der Waals surface area contributed by atoms with Gasteiger partial charge in [0.25, 0.3) is 0 Å². The minimum Gasteiger partial charge on any atom is -0.343 e. The molecule has 1 aromatic carbocycles. The summed E-state index contributed by atoms with van der Waals surface area (Å²) in [7, 11) is 1.76. The maximum Gasteiger partial charge on any atom is 0.228 e. The third-order valence-corrected chi connectivity index (χ3v) is 5.05. The van der Waals surface area contributed by atoms with E-state index in [9.17, 15) is 18.4 Å². The van der Waals surface area contributed by atoms with Crippen LogP contribution in [0.1, 0.15) is 25.5 Å². The third kappa shape index (κ3) is 4.68. The fourth-order valence-electron chi connectivity index (χ4n) is 3.35. The van der Waals surface area contributed by atoms with E-state index >= 15 is 0 Å². The van der Waals surface area contributed by atoms with Crippen LogP contribution < -0.4 is 0 Å². The molecule has 3 rings (SSSR count). The summed E-state index contributed by atoms with van der Waals surface area (Å²) in [4.78, 5) is 35.8. The standard InChI is InChI=1S/C20H22F2N4O2/c1-13(27)26-5-3-18(4-6-26)25(2)20(28)10-17-11-24-19(12-23-17)14-7-15(21)9-16(22)8-14/h7-9,11-12,18H,3-6,10H2,1-2H3. The van der Waals surface area contributed by atoms with E-state index in [4.69, 9.17) is 0 Å². The number of carbonyl (C=O) groups excluding carboxylic acids is 2. The first-order valence-electron chi connectivity index (χ1n) is 9.12. The molecule has 8 heteroatoms. The van der Waals surface area contributed by atoms with Gasteiger partial charge in [-0.05, 0) is 25.0 Å². The molecule has 2 aromatic rings. The second-order valence-corrected chi connectivity index (χ2v) is 6.97. The number of aromatic nitrogens is 2. The molecule has 0 bridgehead atoms. The Labute approximate surface area is 162 Å². The highest BCUT2D eigenvalue weighted by atomic mass is 19.1. The molecule has 1 aromatic heterocycles. The molecule has 0 atom stereocenters. The summed E-state index contributed by atoms with van der Waals surface area (Å²) in [5.74, 6) is -1.40. The van der Waals surface area contributed by atoms with Gasteiger partial charge < -0.3 is 9.80 Å². The lowest BCUT2D eigenvalue weighted by atomic mass is 10.0. The van der Waals surface area contributed by atoms with Gasteiger partial charge in [0.05, 0.1) is 24.0 Å². The first-order valence-corrected chi connectivity index (χ1v) is 9.12. The van der Waals surface area contributed by atoms with E-state index in [1.165, 1.54) is 24.5 Å². The molecule has 2 heterocycles. The van der Waals surface area contributed by atoms with E-state index < -0.39 is 11.6 Å². The number of likely N-dealkylation sites (N-methyl/N-ethyl adjacent to an activating group) is 1. The van der Waals surface area contributed by atoms with E-state index in [1.807, 2.05) is 0 Å². The molecule has 28 heavy (non-hydrogen) atoms. The highest BCUT2D eigenvalue weighted by molar-refractivity contribution is 5.78. The predicted molar refractivity (Wildman–Crippen MR) is 99.1 cm³/mol. The topological polar surface area (TPSA) is 66.4 Å². The van der Waals surface area contributed by atoms with E-state index in [0.29, 0.717) is 24.5 Å². The Morgan fingerprint density at radius 3 is 2.29 bits per heavy atom. The molecule has 6 nitrogen and oxygen atoms in total. The molecular weight excluding hydrogens is 366 g/mol. The van der Waals surface area contributed by atoms with Crippen LogP contribution in [0.5, 0.6) is 0 Å². The van der Waals surface area contributed by atoms with Crippen LogP contribution in [0.15, 0.2) is 30.6 Å². The summed E-state index contributed by atoms with van der Waals surface area (Å²) < 4.78 is 26.7. The van der Waals surface area contributed by atoms with Gasteiger partial charge in [0.2, 0.25) is 11.8 Å². The predicted octanol–water partition coefficient (Wildman–Crippen LogP) is 2.43. The second kappa shape index (κ2) is 8.41. The van der Waals surface area contributed by atoms with Gasteiger partial charge >= 0.3 is 0 Å². The zero-order valence-electron chi connectivity index (χ0n) is 15.9. The molecule has 1 saturated heterocycles. The molecule has 2 amide bonds. The zero-order valence-corrected chi connectivity index (χ0v) is 15.9. The number of likely N-dealkylation sites (tertiary alicyclic amines) is 1. The Balaban J connectivity index is 1.60. The van der Waals surface area contributed by atoms with Crippen molar-refractivity contribution < 1.29 is 18.4 Å². The second-order valence-electron chi connectivity index (χ2n) is 6.97. The Morgan fingerprint density at radius 1 is 1.11 bits per heavy atom. The molecule has 1 aliphatic heterocycles. The Morgan fingerprint density at radius 2 is 1.75 bits per heavy atom. The van der Waals surface area contributed by atoms with E-state index in [-0.39, 0.29) is 29.8 Å². The quantitative estimate of drug-likeness (QED) is 0.807. The molecule has 0 radical (unpaired) electrons. The van der Waals surface area contributed by atoms with E-state index in [1.54, 1.807) is 23.8 Å². The molecule has 1 fully saturated rings. The molecule has 0 aliphatic carbocycles. The highest BCUT2D eigenvalue weighted by Crippen LogP contribution is 2.20. The summed E-state index contributed by atoms with van der Waals surface area (Å²) in [5, 5.41) is 0. The number of nitrogens with zero attached hydrogens (tertiary/aromatic N) is 4. The lowest BCUT2D eigenvalue weighted by molar-refractivity contribution is -0.134. The number of piperidine rings is 1. The van der Waals surface area contributed by atoms with E-state index in [0.717, 1.165) is 18.9 Å². The van der Waals surface area contributed by atoms with Crippen molar-refractivity contribution in [3.05, 3.63) is 47.9 Å². The molecule has 1 aliphatic rings. The van der Waals surface area contributed by atoms with Crippen molar-refractivity contribution in [1.82, 2.24) is 19.8 Å². The van der Waals surface area contributed by atoms with Crippen molar-refractivity contribution in [3.63, 3.8) is 0 Å². The van der Waals surface area contributed by atoms with Gasteiger partial charge in [-0.15, -0.1) is 0 Å². The number of hydrogen-bond acceptors (Lipinski definition) is 4. The number of halogens is 2. The minimum absolute atomic E-state index is 0.0565. The Bertz CT molecular complexity index is 845. The molecule has 0 saturated carbocycles. The third-order valence-electron chi connectivity index (χ3n) is 5.05. The average molecular weight is 388 g/mol. The molecule has 0 N–H and O–H groups in total. The number of hydrogen-bond donors (Lipinski definition) is 0. The molecule has 0 unspecified atom stereocenters. The molecule has 0 spiro atoms. The average Bonchev–Trinajstić information content (AvgIpc) is 2.67. The normalized spacial score (nSPS) is 14.8. The lowest BCUT2D eigenvalue weighted by Gasteiger charge is -2.36. The maximum absolute atomic E-state index is 13.3. The smallest absolute Gasteiger partial charge is 0.228 e. The van der Waals surface area contributed by atoms with Crippen LogP contribution in [0.25, 0.3) is 11.3 Å². The van der Waals surface area contributed by atoms with Crippen LogP contribution in [-0.4, -0.2) is 57.8 Å². The van der Waals surface area contributed by atoms with Gasteiger partial charge in [-0.1, -0.05) is 0 Å². The first-order chi connectivity index (χ1) is 13.3. The van der Waals surface area contributed by atoms with Crippen LogP contribution in [-0.2, 0) is 16.0 Å². The number of carbonyl (C=O) groups is 2. The fourth-order valence-corrected chi connectivity index (χ4v) is 3.35. The molecule has 148 valence electrons. The largest absolute Gasteiger partial charge is 0.343 e. The van der Waals surface area contributed by atoms with E-state index in [2.05, 4.69) is 9.97 Å². The van der Waals surface area contributed by atoms with Crippen molar-refractivity contribution >= 4 is 11.8 Å². The Kier molecular flexibility index (Phi) is 5.96. The monoisotopic (exact) mass is 388 g/mol. The Hall–Kier alpha value is -2.90. The van der Waals surface area contributed by atoms with Crippen LogP contribution >= 0.6 is 0 Å². The van der Waals surface area contributed by atoms with Crippen LogP contribution in [0.2, 0.25) is 0 Å². The summed E-state index contributed by atoms with van der Waals surface area (Å²) >= 11 is 0. The van der Waals surface area contributed by atoms with Crippen LogP contribution in [0, 0.1) is 11.6 Å². The summed E-state index contributed by atoms with van der Waals surface area (Å²) in [5.41, 5.74) is 1.11. The van der Waals surface area contributed by atoms with Crippen molar-refractivity contribution in [2.24, 2.45) is 0 Å². The number of benzene rings is 1. The zero-order chi connectivity index (χ0) is 20.3. The first kappa shape index (κ1) is 19.9. The highest BCUT2D eigenvalue weighted by Gasteiger charge is 2.26. The van der Waals surface area contributed by atoms with Crippen molar-refractivity contribution in [1.29, 1.82) is 0 Å². The fraction of sp³-hybridized carbons (Fsp3) is 0.400. The van der Waals surface area contributed by atoms with Crippen molar-refractivity contribution in [3.8, 4) is 11.3 Å². The van der Waals surface area contributed by atoms with Gasteiger partial charge in [-0.3, -0.25) is 19.6 Å². The van der Waals surface area contributed by atoms with Crippen LogP contribution in [0.3, 0.4) is 0 Å². The van der Waals surface area contributed by atoms with Gasteiger partial charge in [-0.25, -0.2) is 8.78 Å². The van der Waals surface area contributed by atoms with Gasteiger partial charge in [0.1, 0.15) is 11.6 Å². The van der Waals surface area contributed by atoms with Gasteiger partial charge in [-0.2, -0.15) is 0 Å². The summed E-state index contributed by atoms with van der Waals surface area (Å²) in [6.45, 7) is 2.85. The van der Waals surface area contributed by atoms with Gasteiger partial charge in [0, 0.05) is 50.9 Å². The maximum atomic E-state index is 13.3. The van der Waals surface area contributed by atoms with Gasteiger partial charge in [0.15, 0.2) is 0 Å². The van der Waals surface area contributed by atoms with Crippen LogP contribution in [0.4, 0.5) is 8.78 Å². The molecular formula is C20H22F2N4O2. The summed E-state index contributed by atoms with van der Waals surface area (Å²) in [6, 6.07) is 3.24. The number of amides is 2.